The summed E-state index contributed by atoms with van der Waals surface area (Å²) in [6.07, 6.45) is 0. The van der Waals surface area contributed by atoms with E-state index in [1.54, 1.807) is 12.1 Å². The third kappa shape index (κ3) is 3.64. The molecule has 0 saturated heterocycles. The number of benzene rings is 2. The summed E-state index contributed by atoms with van der Waals surface area (Å²) in [6.45, 7) is 2.78. The van der Waals surface area contributed by atoms with Crippen molar-refractivity contribution in [3.63, 3.8) is 0 Å². The Hall–Kier alpha value is -3.01. The average molecular weight is 380 g/mol. The molecule has 0 unspecified atom stereocenters. The van der Waals surface area contributed by atoms with Gasteiger partial charge in [-0.2, -0.15) is 0 Å². The van der Waals surface area contributed by atoms with Crippen LogP contribution in [0.25, 0.3) is 0 Å². The van der Waals surface area contributed by atoms with Crippen LogP contribution < -0.4 is 18.9 Å². The number of ether oxygens (including phenoxy) is 3. The molecular formula is C16H16N2O7S. The Kier molecular flexibility index (Phi) is 4.85. The maximum atomic E-state index is 12.7. The van der Waals surface area contributed by atoms with Gasteiger partial charge >= 0.3 is 0 Å². The summed E-state index contributed by atoms with van der Waals surface area (Å²) in [6, 6.07) is 8.36. The van der Waals surface area contributed by atoms with Crippen LogP contribution >= 0.6 is 0 Å². The van der Waals surface area contributed by atoms with E-state index < -0.39 is 25.5 Å². The number of anilines is 1. The number of nitrogens with one attached hydrogen (secondary N) is 1. The van der Waals surface area contributed by atoms with Gasteiger partial charge < -0.3 is 14.2 Å². The fourth-order valence-electron chi connectivity index (χ4n) is 2.41. The molecule has 2 aromatic rings. The van der Waals surface area contributed by atoms with Crippen molar-refractivity contribution < 1.29 is 27.6 Å². The molecule has 0 atom stereocenters. The molecule has 0 aromatic heterocycles. The summed E-state index contributed by atoms with van der Waals surface area (Å²) in [5.74, 6) is 0.873. The van der Waals surface area contributed by atoms with Crippen molar-refractivity contribution in [3.8, 4) is 17.2 Å². The fourth-order valence-corrected chi connectivity index (χ4v) is 3.64. The van der Waals surface area contributed by atoms with E-state index >= 15 is 0 Å². The summed E-state index contributed by atoms with van der Waals surface area (Å²) in [4.78, 5) is 10.1. The molecule has 0 bridgehead atoms. The molecule has 0 fully saturated rings. The predicted molar refractivity (Wildman–Crippen MR) is 92.5 cm³/mol. The van der Waals surface area contributed by atoms with Gasteiger partial charge in [0.25, 0.3) is 15.7 Å². The summed E-state index contributed by atoms with van der Waals surface area (Å²) in [5, 5.41) is 11.3. The minimum atomic E-state index is -4.22. The first-order valence-corrected chi connectivity index (χ1v) is 9.23. The first kappa shape index (κ1) is 17.8. The van der Waals surface area contributed by atoms with Crippen molar-refractivity contribution in [2.24, 2.45) is 0 Å². The first-order valence-electron chi connectivity index (χ1n) is 7.74. The smallest absolute Gasteiger partial charge is 0.293 e. The van der Waals surface area contributed by atoms with Crippen LogP contribution in [0, 0.1) is 10.1 Å². The van der Waals surface area contributed by atoms with E-state index in [-0.39, 0.29) is 30.4 Å². The van der Waals surface area contributed by atoms with Crippen LogP contribution in [0.2, 0.25) is 0 Å². The van der Waals surface area contributed by atoms with Gasteiger partial charge in [0, 0.05) is 11.8 Å². The van der Waals surface area contributed by atoms with Gasteiger partial charge in [-0.1, -0.05) is 0 Å². The molecule has 1 aliphatic heterocycles. The highest BCUT2D eigenvalue weighted by molar-refractivity contribution is 7.92. The third-order valence-corrected chi connectivity index (χ3v) is 4.94. The second kappa shape index (κ2) is 7.08. The fraction of sp³-hybridized carbons (Fsp3) is 0.250. The van der Waals surface area contributed by atoms with Gasteiger partial charge in [0.1, 0.15) is 19.0 Å². The number of sulfonamides is 1. The Morgan fingerprint density at radius 1 is 1.15 bits per heavy atom. The molecule has 2 aromatic carbocycles. The minimum Gasteiger partial charge on any atom is -0.494 e. The molecule has 26 heavy (non-hydrogen) atoms. The maximum absolute atomic E-state index is 12.7. The van der Waals surface area contributed by atoms with Gasteiger partial charge in [-0.15, -0.1) is 0 Å². The molecule has 9 nitrogen and oxygen atoms in total. The van der Waals surface area contributed by atoms with Crippen LogP contribution in [0.1, 0.15) is 6.92 Å². The zero-order chi connectivity index (χ0) is 18.7. The lowest BCUT2D eigenvalue weighted by atomic mass is 10.2. The minimum absolute atomic E-state index is 0.142. The largest absolute Gasteiger partial charge is 0.494 e. The number of fused-ring (bicyclic) bond motifs is 1. The van der Waals surface area contributed by atoms with Gasteiger partial charge in [0.05, 0.1) is 17.6 Å². The predicted octanol–water partition coefficient (Wildman–Crippen LogP) is 2.57. The molecule has 0 saturated carbocycles. The lowest BCUT2D eigenvalue weighted by Crippen LogP contribution is -2.18. The van der Waals surface area contributed by atoms with Gasteiger partial charge in [0.2, 0.25) is 0 Å². The van der Waals surface area contributed by atoms with Crippen molar-refractivity contribution in [2.75, 3.05) is 24.5 Å². The number of nitro benzene ring substituents is 1. The molecule has 0 aliphatic carbocycles. The van der Waals surface area contributed by atoms with E-state index in [1.165, 1.54) is 12.1 Å². The molecule has 138 valence electrons. The van der Waals surface area contributed by atoms with E-state index in [0.29, 0.717) is 12.4 Å². The van der Waals surface area contributed by atoms with Crippen LogP contribution in [-0.4, -0.2) is 33.2 Å². The van der Waals surface area contributed by atoms with E-state index in [2.05, 4.69) is 4.72 Å². The summed E-state index contributed by atoms with van der Waals surface area (Å²) < 4.78 is 43.6. The molecule has 1 aliphatic rings. The highest BCUT2D eigenvalue weighted by atomic mass is 32.2. The van der Waals surface area contributed by atoms with E-state index in [9.17, 15) is 18.5 Å². The van der Waals surface area contributed by atoms with Gasteiger partial charge in [0.15, 0.2) is 16.4 Å². The second-order valence-electron chi connectivity index (χ2n) is 5.28. The van der Waals surface area contributed by atoms with Gasteiger partial charge in [-0.25, -0.2) is 8.42 Å². The highest BCUT2D eigenvalue weighted by Crippen LogP contribution is 2.39. The molecular weight excluding hydrogens is 364 g/mol. The first-order chi connectivity index (χ1) is 12.4. The standard InChI is InChI=1S/C16H16N2O7S/c1-2-23-12-5-3-11(4-6-12)17-26(21,22)16-10-15-14(24-7-8-25-15)9-13(16)18(19)20/h3-6,9-10,17H,2,7-8H2,1H3. The Bertz CT molecular complexity index is 926. The molecule has 0 radical (unpaired) electrons. The lowest BCUT2D eigenvalue weighted by Gasteiger charge is -2.19. The second-order valence-corrected chi connectivity index (χ2v) is 6.93. The van der Waals surface area contributed by atoms with Gasteiger partial charge in [-0.05, 0) is 31.2 Å². The molecule has 10 heteroatoms. The Balaban J connectivity index is 1.96. The topological polar surface area (TPSA) is 117 Å². The van der Waals surface area contributed by atoms with Crippen molar-refractivity contribution in [2.45, 2.75) is 11.8 Å². The van der Waals surface area contributed by atoms with E-state index in [4.69, 9.17) is 14.2 Å². The van der Waals surface area contributed by atoms with Gasteiger partial charge in [-0.3, -0.25) is 14.8 Å². The van der Waals surface area contributed by atoms with E-state index in [1.807, 2.05) is 6.92 Å². The molecule has 1 N–H and O–H groups in total. The summed E-state index contributed by atoms with van der Waals surface area (Å²) >= 11 is 0. The van der Waals surface area contributed by atoms with Crippen molar-refractivity contribution >= 4 is 21.4 Å². The number of hydrogen-bond donors (Lipinski definition) is 1. The monoisotopic (exact) mass is 380 g/mol. The third-order valence-electron chi connectivity index (χ3n) is 3.53. The summed E-state index contributed by atoms with van der Waals surface area (Å²) in [7, 11) is -4.22. The van der Waals surface area contributed by atoms with Crippen molar-refractivity contribution in [1.29, 1.82) is 0 Å². The Labute approximate surface area is 149 Å². The Morgan fingerprint density at radius 2 is 1.77 bits per heavy atom. The zero-order valence-electron chi connectivity index (χ0n) is 13.8. The molecule has 0 spiro atoms. The number of rotatable bonds is 6. The number of nitrogens with zero attached hydrogens (tertiary/aromatic N) is 1. The van der Waals surface area contributed by atoms with E-state index in [0.717, 1.165) is 12.1 Å². The zero-order valence-corrected chi connectivity index (χ0v) is 14.6. The SMILES string of the molecule is CCOc1ccc(NS(=O)(=O)c2cc3c(cc2[N+](=O)[O-])OCCO3)cc1. The Morgan fingerprint density at radius 3 is 2.35 bits per heavy atom. The van der Waals surface area contributed by atoms with Crippen LogP contribution in [0.3, 0.4) is 0 Å². The normalized spacial score (nSPS) is 13.1. The van der Waals surface area contributed by atoms with Crippen LogP contribution in [0.15, 0.2) is 41.3 Å². The quantitative estimate of drug-likeness (QED) is 0.604. The lowest BCUT2D eigenvalue weighted by molar-refractivity contribution is -0.387. The van der Waals surface area contributed by atoms with Crippen molar-refractivity contribution in [3.05, 3.63) is 46.5 Å². The maximum Gasteiger partial charge on any atom is 0.293 e. The van der Waals surface area contributed by atoms with Crippen LogP contribution in [-0.2, 0) is 10.0 Å². The van der Waals surface area contributed by atoms with Crippen molar-refractivity contribution in [1.82, 2.24) is 0 Å². The van der Waals surface area contributed by atoms with Crippen LogP contribution in [0.5, 0.6) is 17.2 Å². The van der Waals surface area contributed by atoms with Crippen LogP contribution in [0.4, 0.5) is 11.4 Å². The highest BCUT2D eigenvalue weighted by Gasteiger charge is 2.30. The molecule has 0 amide bonds. The molecule has 1 heterocycles. The molecule has 3 rings (SSSR count). The summed E-state index contributed by atoms with van der Waals surface area (Å²) in [5.41, 5.74) is -0.342. The average Bonchev–Trinajstić information content (AvgIpc) is 2.62. The number of nitro groups is 1. The number of hydrogen-bond acceptors (Lipinski definition) is 7.